The number of ether oxygens (including phenoxy) is 3. The number of esters is 1. The van der Waals surface area contributed by atoms with E-state index in [1.165, 1.54) is 0 Å². The Morgan fingerprint density at radius 3 is 1.56 bits per heavy atom. The largest absolute Gasteiger partial charge is 0.423 e. The molecule has 0 heterocycles. The SMILES string of the molecule is CC(OCc1ccccc1)(OCc1ccccc1)C(=O)Oc1ccccc1. The third kappa shape index (κ3) is 5.51. The number of benzene rings is 3. The lowest BCUT2D eigenvalue weighted by Crippen LogP contribution is -2.44. The van der Waals surface area contributed by atoms with E-state index in [-0.39, 0.29) is 13.2 Å². The van der Waals surface area contributed by atoms with Crippen LogP contribution in [0.3, 0.4) is 0 Å². The van der Waals surface area contributed by atoms with Gasteiger partial charge in [-0.25, -0.2) is 4.79 Å². The van der Waals surface area contributed by atoms with Crippen molar-refractivity contribution in [1.82, 2.24) is 0 Å². The van der Waals surface area contributed by atoms with Crippen molar-refractivity contribution in [2.75, 3.05) is 0 Å². The average molecular weight is 362 g/mol. The van der Waals surface area contributed by atoms with Gasteiger partial charge in [0.05, 0.1) is 13.2 Å². The second-order valence-electron chi connectivity index (χ2n) is 6.20. The third-order valence-corrected chi connectivity index (χ3v) is 4.04. The van der Waals surface area contributed by atoms with Crippen molar-refractivity contribution in [2.45, 2.75) is 25.9 Å². The molecular formula is C23H22O4. The molecule has 3 rings (SSSR count). The molecule has 0 unspecified atom stereocenters. The summed E-state index contributed by atoms with van der Waals surface area (Å²) in [6.45, 7) is 2.05. The van der Waals surface area contributed by atoms with E-state index in [9.17, 15) is 4.79 Å². The minimum Gasteiger partial charge on any atom is -0.423 e. The molecule has 0 saturated heterocycles. The zero-order valence-electron chi connectivity index (χ0n) is 15.2. The zero-order valence-corrected chi connectivity index (χ0v) is 15.2. The van der Waals surface area contributed by atoms with Crippen LogP contribution in [0.1, 0.15) is 18.1 Å². The molecule has 4 heteroatoms. The van der Waals surface area contributed by atoms with Gasteiger partial charge in [0.15, 0.2) is 0 Å². The van der Waals surface area contributed by atoms with Crippen molar-refractivity contribution in [3.63, 3.8) is 0 Å². The van der Waals surface area contributed by atoms with E-state index >= 15 is 0 Å². The van der Waals surface area contributed by atoms with Crippen LogP contribution in [0, 0.1) is 0 Å². The molecule has 0 atom stereocenters. The molecule has 0 bridgehead atoms. The predicted octanol–water partition coefficient (Wildman–Crippen LogP) is 4.74. The smallest absolute Gasteiger partial charge is 0.371 e. The lowest BCUT2D eigenvalue weighted by molar-refractivity contribution is -0.242. The van der Waals surface area contributed by atoms with Crippen molar-refractivity contribution in [1.29, 1.82) is 0 Å². The Hall–Kier alpha value is -2.95. The maximum absolute atomic E-state index is 12.8. The monoisotopic (exact) mass is 362 g/mol. The van der Waals surface area contributed by atoms with Gasteiger partial charge in [-0.05, 0) is 23.3 Å². The second-order valence-corrected chi connectivity index (χ2v) is 6.20. The van der Waals surface area contributed by atoms with Gasteiger partial charge in [0.2, 0.25) is 0 Å². The number of carbonyl (C=O) groups is 1. The molecule has 27 heavy (non-hydrogen) atoms. The number of hydrogen-bond acceptors (Lipinski definition) is 4. The van der Waals surface area contributed by atoms with Crippen molar-refractivity contribution in [2.24, 2.45) is 0 Å². The molecule has 0 spiro atoms. The standard InChI is InChI=1S/C23H22O4/c1-23(25-17-19-11-5-2-6-12-19,26-18-20-13-7-3-8-14-20)22(24)27-21-15-9-4-10-16-21/h2-16H,17-18H2,1H3. The molecule has 4 nitrogen and oxygen atoms in total. The molecule has 0 radical (unpaired) electrons. The van der Waals surface area contributed by atoms with E-state index in [0.29, 0.717) is 5.75 Å². The van der Waals surface area contributed by atoms with Crippen LogP contribution in [-0.2, 0) is 27.5 Å². The quantitative estimate of drug-likeness (QED) is 0.330. The van der Waals surface area contributed by atoms with Gasteiger partial charge in [-0.1, -0.05) is 78.9 Å². The number of para-hydroxylation sites is 1. The summed E-state index contributed by atoms with van der Waals surface area (Å²) in [5, 5.41) is 0. The lowest BCUT2D eigenvalue weighted by Gasteiger charge is -2.27. The molecule has 3 aromatic rings. The summed E-state index contributed by atoms with van der Waals surface area (Å²) in [6, 6.07) is 28.1. The van der Waals surface area contributed by atoms with Crippen molar-refractivity contribution in [3.8, 4) is 5.75 Å². The van der Waals surface area contributed by atoms with Crippen LogP contribution in [0.2, 0.25) is 0 Å². The van der Waals surface area contributed by atoms with E-state index in [4.69, 9.17) is 14.2 Å². The Morgan fingerprint density at radius 2 is 1.11 bits per heavy atom. The molecule has 0 N–H and O–H groups in total. The third-order valence-electron chi connectivity index (χ3n) is 4.04. The van der Waals surface area contributed by atoms with Gasteiger partial charge >= 0.3 is 5.97 Å². The molecular weight excluding hydrogens is 340 g/mol. The topological polar surface area (TPSA) is 44.8 Å². The molecule has 0 fully saturated rings. The van der Waals surface area contributed by atoms with Gasteiger partial charge in [-0.2, -0.15) is 0 Å². The van der Waals surface area contributed by atoms with Gasteiger partial charge in [0.1, 0.15) is 5.75 Å². The van der Waals surface area contributed by atoms with Gasteiger partial charge in [-0.3, -0.25) is 0 Å². The Labute approximate surface area is 159 Å². The zero-order chi connectivity index (χ0) is 19.0. The highest BCUT2D eigenvalue weighted by Gasteiger charge is 2.38. The van der Waals surface area contributed by atoms with E-state index in [1.54, 1.807) is 31.2 Å². The van der Waals surface area contributed by atoms with Crippen molar-refractivity contribution in [3.05, 3.63) is 102 Å². The van der Waals surface area contributed by atoms with Crippen LogP contribution < -0.4 is 4.74 Å². The molecule has 0 aliphatic rings. The summed E-state index contributed by atoms with van der Waals surface area (Å²) >= 11 is 0. The summed E-state index contributed by atoms with van der Waals surface area (Å²) in [4.78, 5) is 12.8. The summed E-state index contributed by atoms with van der Waals surface area (Å²) in [6.07, 6.45) is 0. The molecule has 0 saturated carbocycles. The minimum absolute atomic E-state index is 0.232. The van der Waals surface area contributed by atoms with Crippen molar-refractivity contribution < 1.29 is 19.0 Å². The number of rotatable bonds is 8. The maximum atomic E-state index is 12.8. The van der Waals surface area contributed by atoms with E-state index in [2.05, 4.69) is 0 Å². The fraction of sp³-hybridized carbons (Fsp3) is 0.174. The molecule has 0 aliphatic carbocycles. The summed E-state index contributed by atoms with van der Waals surface area (Å²) < 4.78 is 17.2. The molecule has 0 aromatic heterocycles. The van der Waals surface area contributed by atoms with Crippen LogP contribution in [0.25, 0.3) is 0 Å². The fourth-order valence-corrected chi connectivity index (χ4v) is 2.44. The first-order valence-electron chi connectivity index (χ1n) is 8.79. The first kappa shape index (κ1) is 18.8. The summed E-state index contributed by atoms with van der Waals surface area (Å²) in [5.74, 6) is -1.69. The Kier molecular flexibility index (Phi) is 6.36. The Morgan fingerprint density at radius 1 is 0.704 bits per heavy atom. The lowest BCUT2D eigenvalue weighted by atomic mass is 10.2. The minimum atomic E-state index is -1.54. The average Bonchev–Trinajstić information content (AvgIpc) is 2.73. The Bertz CT molecular complexity index is 789. The van der Waals surface area contributed by atoms with Crippen LogP contribution in [-0.4, -0.2) is 11.8 Å². The number of carbonyl (C=O) groups excluding carboxylic acids is 1. The highest BCUT2D eigenvalue weighted by atomic mass is 16.7. The molecule has 138 valence electrons. The summed E-state index contributed by atoms with van der Waals surface area (Å²) in [5.41, 5.74) is 1.89. The van der Waals surface area contributed by atoms with E-state index < -0.39 is 11.8 Å². The van der Waals surface area contributed by atoms with Gasteiger partial charge in [0.25, 0.3) is 5.79 Å². The van der Waals surface area contributed by atoms with E-state index in [1.807, 2.05) is 66.7 Å². The van der Waals surface area contributed by atoms with Crippen LogP contribution in [0.4, 0.5) is 0 Å². The van der Waals surface area contributed by atoms with Crippen LogP contribution in [0.15, 0.2) is 91.0 Å². The molecule has 0 amide bonds. The van der Waals surface area contributed by atoms with E-state index in [0.717, 1.165) is 11.1 Å². The van der Waals surface area contributed by atoms with Gasteiger partial charge in [0, 0.05) is 6.92 Å². The first-order valence-corrected chi connectivity index (χ1v) is 8.79. The predicted molar refractivity (Wildman–Crippen MR) is 103 cm³/mol. The van der Waals surface area contributed by atoms with Gasteiger partial charge < -0.3 is 14.2 Å². The molecule has 3 aromatic carbocycles. The highest BCUT2D eigenvalue weighted by Crippen LogP contribution is 2.22. The Balaban J connectivity index is 1.72. The normalized spacial score (nSPS) is 11.1. The van der Waals surface area contributed by atoms with Crippen molar-refractivity contribution >= 4 is 5.97 Å². The highest BCUT2D eigenvalue weighted by molar-refractivity contribution is 5.79. The maximum Gasteiger partial charge on any atom is 0.371 e. The summed E-state index contributed by atoms with van der Waals surface area (Å²) in [7, 11) is 0. The van der Waals surface area contributed by atoms with Crippen LogP contribution >= 0.6 is 0 Å². The second kappa shape index (κ2) is 9.12. The van der Waals surface area contributed by atoms with Gasteiger partial charge in [-0.15, -0.1) is 0 Å². The number of hydrogen-bond donors (Lipinski definition) is 0. The van der Waals surface area contributed by atoms with Crippen LogP contribution in [0.5, 0.6) is 5.75 Å². The molecule has 0 aliphatic heterocycles. The first-order chi connectivity index (χ1) is 13.2. The fourth-order valence-electron chi connectivity index (χ4n) is 2.44.